The fraction of sp³-hybridized carbons (Fsp3) is 0.154. The van der Waals surface area contributed by atoms with Gasteiger partial charge in [0.05, 0.1) is 0 Å². The topological polar surface area (TPSA) is 53.2 Å². The molecule has 6 heteroatoms. The number of halogens is 1. The third-order valence-electron chi connectivity index (χ3n) is 5.97. The van der Waals surface area contributed by atoms with Crippen LogP contribution in [0.1, 0.15) is 47.9 Å². The van der Waals surface area contributed by atoms with Crippen molar-refractivity contribution in [3.8, 4) is 0 Å². The molecule has 0 aliphatic carbocycles. The van der Waals surface area contributed by atoms with E-state index in [2.05, 4.69) is 73.4 Å². The quantitative estimate of drug-likeness (QED) is 0.0636. The second-order valence-corrected chi connectivity index (χ2v) is 9.77. The van der Waals surface area contributed by atoms with E-state index in [0.717, 1.165) is 41.3 Å². The summed E-state index contributed by atoms with van der Waals surface area (Å²) in [5.41, 5.74) is 4.36. The summed E-state index contributed by atoms with van der Waals surface area (Å²) in [5.74, 6) is 0. The van der Waals surface area contributed by atoms with Crippen molar-refractivity contribution in [1.82, 2.24) is 0 Å². The predicted molar refractivity (Wildman–Crippen MR) is 196 cm³/mol. The van der Waals surface area contributed by atoms with Crippen LogP contribution < -0.4 is 18.9 Å². The molecular formula is C39H47AgBrLi2O2+. The van der Waals surface area contributed by atoms with Crippen molar-refractivity contribution in [3.05, 3.63) is 195 Å². The van der Waals surface area contributed by atoms with Gasteiger partial charge in [-0.25, -0.2) is 0 Å². The normalized spacial score (nSPS) is 8.87. The van der Waals surface area contributed by atoms with Crippen molar-refractivity contribution in [1.29, 1.82) is 0 Å². The van der Waals surface area contributed by atoms with Crippen molar-refractivity contribution in [3.63, 3.8) is 0 Å². The molecule has 4 aromatic carbocycles. The summed E-state index contributed by atoms with van der Waals surface area (Å²) >= 11 is 3.24. The zero-order valence-electron chi connectivity index (χ0n) is 27.1. The van der Waals surface area contributed by atoms with Crippen molar-refractivity contribution < 1.29 is 51.8 Å². The molecule has 0 atom stereocenters. The average Bonchev–Trinajstić information content (AvgIpc) is 3.06. The van der Waals surface area contributed by atoms with E-state index in [0.29, 0.717) is 6.42 Å². The SMILES string of the molecule is C=C(c1ccccc1)c1ccccc1.C=CCCBr.C=CCCC(O)(c1ccccc1)c1ccccc1.C=CC[CH2-].[Ag].[Li+].[Li].[OH3+]. The second kappa shape index (κ2) is 32.1. The average molecular weight is 749 g/mol. The van der Waals surface area contributed by atoms with E-state index in [4.69, 9.17) is 0 Å². The van der Waals surface area contributed by atoms with E-state index in [9.17, 15) is 5.11 Å². The van der Waals surface area contributed by atoms with Crippen LogP contribution in [-0.2, 0) is 33.5 Å². The molecule has 0 heterocycles. The van der Waals surface area contributed by atoms with E-state index in [1.165, 1.54) is 11.1 Å². The molecule has 4 aromatic rings. The minimum absolute atomic E-state index is 0. The molecule has 0 saturated carbocycles. The van der Waals surface area contributed by atoms with Gasteiger partial charge in [-0.05, 0) is 47.1 Å². The Hall–Kier alpha value is -1.82. The van der Waals surface area contributed by atoms with Gasteiger partial charge in [-0.3, -0.25) is 0 Å². The molecule has 0 aliphatic heterocycles. The predicted octanol–water partition coefficient (Wildman–Crippen LogP) is 6.69. The first-order valence-electron chi connectivity index (χ1n) is 13.8. The van der Waals surface area contributed by atoms with E-state index in [1.807, 2.05) is 109 Å². The largest absolute Gasteiger partial charge is 1.00 e. The Morgan fingerprint density at radius 1 is 0.667 bits per heavy atom. The van der Waals surface area contributed by atoms with Crippen molar-refractivity contribution in [2.75, 3.05) is 5.33 Å². The van der Waals surface area contributed by atoms with Gasteiger partial charge in [-0.15, -0.1) is 25.8 Å². The van der Waals surface area contributed by atoms with Crippen LogP contribution >= 0.6 is 15.9 Å². The maximum atomic E-state index is 11.0. The van der Waals surface area contributed by atoms with Gasteiger partial charge in [0.2, 0.25) is 0 Å². The third kappa shape index (κ3) is 20.1. The molecule has 2 radical (unpaired) electrons. The number of benzene rings is 4. The van der Waals surface area contributed by atoms with Gasteiger partial charge in [-0.2, -0.15) is 6.42 Å². The fourth-order valence-electron chi connectivity index (χ4n) is 3.72. The zero-order valence-corrected chi connectivity index (χ0v) is 30.1. The molecule has 0 aromatic heterocycles. The van der Waals surface area contributed by atoms with Gasteiger partial charge in [0, 0.05) is 46.6 Å². The monoisotopic (exact) mass is 747 g/mol. The smallest absolute Gasteiger partial charge is 0.457 e. The van der Waals surface area contributed by atoms with Crippen LogP contribution in [0.5, 0.6) is 0 Å². The first-order valence-corrected chi connectivity index (χ1v) is 14.9. The van der Waals surface area contributed by atoms with Crippen LogP contribution in [-0.4, -0.2) is 29.3 Å². The molecule has 4 rings (SSSR count). The Bertz CT molecular complexity index is 1170. The van der Waals surface area contributed by atoms with Gasteiger partial charge in [0.15, 0.2) is 0 Å². The standard InChI is InChI=1S/C17H18O.C14H12.C4H7Br.C4H7.Ag.2Li.H2O/c1-2-3-14-17(18,15-10-6-4-7-11-15)16-12-8-5-9-13-16;1-12(13-8-4-2-5-9-13)14-10-6-3-7-11-14;1-2-3-4-5;1-3-4-2;;;;/h2,4-13,18H,1,3,14H2;2-11H,1H2;2H,1,3-4H2;3H,1-2,4H2;;;;1H2/q;;;-1;;;+1;/p+1. The second-order valence-electron chi connectivity index (χ2n) is 8.97. The van der Waals surface area contributed by atoms with Gasteiger partial charge < -0.3 is 17.5 Å². The van der Waals surface area contributed by atoms with Crippen molar-refractivity contribution >= 4 is 40.4 Å². The minimum Gasteiger partial charge on any atom is -0.457 e. The number of hydrogen-bond acceptors (Lipinski definition) is 1. The fourth-order valence-corrected chi connectivity index (χ4v) is 4.04. The molecule has 0 fully saturated rings. The van der Waals surface area contributed by atoms with Crippen LogP contribution in [0.25, 0.3) is 5.57 Å². The Morgan fingerprint density at radius 2 is 0.978 bits per heavy atom. The first kappa shape index (κ1) is 50.0. The molecule has 0 unspecified atom stereocenters. The summed E-state index contributed by atoms with van der Waals surface area (Å²) in [7, 11) is 0. The Labute approximate surface area is 321 Å². The minimum atomic E-state index is -0.934. The first-order chi connectivity index (χ1) is 20.0. The van der Waals surface area contributed by atoms with Gasteiger partial charge in [0.1, 0.15) is 5.60 Å². The Kier molecular flexibility index (Phi) is 35.7. The van der Waals surface area contributed by atoms with Crippen molar-refractivity contribution in [2.24, 2.45) is 0 Å². The molecule has 0 amide bonds. The molecule has 4 N–H and O–H groups in total. The third-order valence-corrected chi connectivity index (χ3v) is 6.43. The van der Waals surface area contributed by atoms with Crippen LogP contribution in [0.2, 0.25) is 0 Å². The van der Waals surface area contributed by atoms with Gasteiger partial charge >= 0.3 is 18.9 Å². The molecular weight excluding hydrogens is 702 g/mol. The van der Waals surface area contributed by atoms with Crippen LogP contribution in [0, 0.1) is 6.92 Å². The van der Waals surface area contributed by atoms with Crippen molar-refractivity contribution in [2.45, 2.75) is 31.3 Å². The zero-order chi connectivity index (χ0) is 30.2. The summed E-state index contributed by atoms with van der Waals surface area (Å²) in [6, 6.07) is 40.1. The van der Waals surface area contributed by atoms with Crippen LogP contribution in [0.3, 0.4) is 0 Å². The molecule has 0 saturated heterocycles. The van der Waals surface area contributed by atoms with Gasteiger partial charge in [0.25, 0.3) is 0 Å². The summed E-state index contributed by atoms with van der Waals surface area (Å²) in [6.45, 7) is 18.3. The molecule has 0 bridgehead atoms. The number of allylic oxidation sites excluding steroid dienone is 3. The molecule has 0 spiro atoms. The number of alkyl halides is 1. The summed E-state index contributed by atoms with van der Waals surface area (Å²) in [4.78, 5) is 0. The number of hydrogen-bond donors (Lipinski definition) is 1. The van der Waals surface area contributed by atoms with E-state index in [-0.39, 0.29) is 65.6 Å². The Balaban J connectivity index is -0.000000279. The summed E-state index contributed by atoms with van der Waals surface area (Å²) in [5, 5.41) is 12.1. The van der Waals surface area contributed by atoms with E-state index in [1.54, 1.807) is 6.08 Å². The summed E-state index contributed by atoms with van der Waals surface area (Å²) in [6.07, 6.45) is 8.82. The molecule has 45 heavy (non-hydrogen) atoms. The summed E-state index contributed by atoms with van der Waals surface area (Å²) < 4.78 is 0. The van der Waals surface area contributed by atoms with Gasteiger partial charge in [-0.1, -0.05) is 156 Å². The van der Waals surface area contributed by atoms with Crippen LogP contribution in [0.15, 0.2) is 166 Å². The molecule has 0 aliphatic rings. The van der Waals surface area contributed by atoms with E-state index < -0.39 is 5.60 Å². The van der Waals surface area contributed by atoms with Crippen LogP contribution in [0.4, 0.5) is 0 Å². The molecule has 2 nitrogen and oxygen atoms in total. The number of rotatable bonds is 10. The van der Waals surface area contributed by atoms with E-state index >= 15 is 0 Å². The molecule has 234 valence electrons. The maximum Gasteiger partial charge on any atom is 1.00 e. The maximum absolute atomic E-state index is 11.0. The number of aliphatic hydroxyl groups is 1. The Morgan fingerprint density at radius 3 is 1.22 bits per heavy atom.